The fourth-order valence-corrected chi connectivity index (χ4v) is 5.98. The number of H-pyrrole nitrogens is 2. The molecule has 4 heterocycles. The number of phosphoric ester groups is 1. The third-order valence-electron chi connectivity index (χ3n) is 6.10. The van der Waals surface area contributed by atoms with Crippen LogP contribution in [0.1, 0.15) is 37.3 Å². The molecule has 2 aromatic rings. The van der Waals surface area contributed by atoms with Crippen LogP contribution in [0.5, 0.6) is 0 Å². The van der Waals surface area contributed by atoms with Gasteiger partial charge < -0.3 is 42.9 Å². The Morgan fingerprint density at radius 1 is 0.976 bits per heavy atom. The maximum atomic E-state index is 12.7. The zero-order valence-corrected chi connectivity index (χ0v) is 27.0. The van der Waals surface area contributed by atoms with Gasteiger partial charge in [0, 0.05) is 63.2 Å². The Kier molecular flexibility index (Phi) is 11.6. The minimum Gasteiger partial charge on any atom is -0.778 e. The number of aromatic nitrogens is 4. The van der Waals surface area contributed by atoms with Crippen LogP contribution in [0, 0.1) is 0 Å². The van der Waals surface area contributed by atoms with Gasteiger partial charge in [0.2, 0.25) is 0 Å². The van der Waals surface area contributed by atoms with E-state index in [0.717, 1.165) is 15.3 Å². The number of aliphatic hydroxyl groups is 1. The molecule has 22 heteroatoms. The van der Waals surface area contributed by atoms with Crippen molar-refractivity contribution in [2.75, 3.05) is 13.2 Å². The molecule has 2 aliphatic heterocycles. The molecule has 7 unspecified atom stereocenters. The average Bonchev–Trinajstić information content (AvgIpc) is 3.46. The average molecular weight is 762 g/mol. The number of aromatic amines is 2. The summed E-state index contributed by atoms with van der Waals surface area (Å²) in [5.74, 6) is 0. The summed E-state index contributed by atoms with van der Waals surface area (Å²) in [4.78, 5) is 84.4. The Bertz CT molecular complexity index is 1590. The quantitative estimate of drug-likeness (QED) is 0.186. The van der Waals surface area contributed by atoms with Crippen molar-refractivity contribution in [3.05, 3.63) is 64.1 Å². The van der Waals surface area contributed by atoms with Crippen molar-refractivity contribution < 1.29 is 80.1 Å². The van der Waals surface area contributed by atoms with E-state index in [0.29, 0.717) is 0 Å². The van der Waals surface area contributed by atoms with Crippen LogP contribution in [0.4, 0.5) is 0 Å². The van der Waals surface area contributed by atoms with Crippen LogP contribution < -0.4 is 32.3 Å². The Morgan fingerprint density at radius 3 is 2.27 bits per heavy atom. The van der Waals surface area contributed by atoms with E-state index in [1.807, 2.05) is 4.98 Å². The molecule has 2 aliphatic rings. The predicted octanol–water partition coefficient (Wildman–Crippen LogP) is -2.28. The third kappa shape index (κ3) is 9.05. The van der Waals surface area contributed by atoms with Gasteiger partial charge in [-0.1, -0.05) is 0 Å². The summed E-state index contributed by atoms with van der Waals surface area (Å²) in [5.41, 5.74) is -3.74. The first-order valence-corrected chi connectivity index (χ1v) is 15.6. The normalized spacial score (nSPS) is 27.2. The molecule has 41 heavy (non-hydrogen) atoms. The van der Waals surface area contributed by atoms with Gasteiger partial charge in [0.05, 0.1) is 29.9 Å². The molecule has 0 spiro atoms. The van der Waals surface area contributed by atoms with E-state index < -0.39 is 88.1 Å². The zero-order chi connectivity index (χ0) is 29.4. The number of phosphoric acid groups is 1. The molecule has 7 atom stereocenters. The molecule has 0 bridgehead atoms. The molecular weight excluding hydrogens is 739 g/mol. The summed E-state index contributed by atoms with van der Waals surface area (Å²) in [6, 6.07) is 0. The number of aliphatic hydroxyl groups excluding tert-OH is 1. The molecule has 0 aromatic carbocycles. The van der Waals surface area contributed by atoms with Crippen molar-refractivity contribution in [1.82, 2.24) is 19.1 Å². The van der Waals surface area contributed by atoms with Crippen molar-refractivity contribution >= 4 is 31.3 Å². The number of hydrogen-bond acceptors (Lipinski definition) is 13. The molecule has 2 saturated heterocycles. The first kappa shape index (κ1) is 34.6. The number of ether oxygens (including phenoxy) is 2. The second-order valence-corrected chi connectivity index (χ2v) is 12.9. The molecule has 0 aliphatic carbocycles. The van der Waals surface area contributed by atoms with Crippen LogP contribution in [-0.4, -0.2) is 60.6 Å². The fraction of sp³-hybridized carbons (Fsp3) is 0.579. The maximum absolute atomic E-state index is 12.7. The van der Waals surface area contributed by atoms with Crippen LogP contribution in [-0.2, 0) is 66.5 Å². The van der Waals surface area contributed by atoms with Crippen LogP contribution >= 0.6 is 31.3 Å². The second-order valence-electron chi connectivity index (χ2n) is 9.02. The van der Waals surface area contributed by atoms with Gasteiger partial charge in [0.15, 0.2) is 0 Å². The van der Waals surface area contributed by atoms with E-state index in [4.69, 9.17) is 18.9 Å². The standard InChI is InChI=1S/C19H25BrN4O14P2.Y/c20-11-5-24(19(29)22-17(11)27)15-3-12(25)13(38-15)7-35-39(30,31)8-9-4-23(18(28)21-16(9)26)14-2-1-10(37-14)6-36-40(32,33)34;/h4-5,10,12-15,25H,1-3,6-8H2,(H,30,31)(H,21,26,28)(H,22,27,29)(H2,32,33,34);/p-2. The number of nitrogens with one attached hydrogen (secondary N) is 2. The topological polar surface area (TPSA) is 267 Å². The number of nitrogens with zero attached hydrogens (tertiary/aromatic N) is 2. The van der Waals surface area contributed by atoms with Gasteiger partial charge in [-0.25, -0.2) is 9.59 Å². The van der Waals surface area contributed by atoms with Crippen LogP contribution in [0.2, 0.25) is 0 Å². The van der Waals surface area contributed by atoms with Gasteiger partial charge in [-0.15, -0.1) is 0 Å². The predicted molar refractivity (Wildman–Crippen MR) is 131 cm³/mol. The van der Waals surface area contributed by atoms with Gasteiger partial charge in [-0.05, 0) is 28.8 Å². The molecule has 225 valence electrons. The first-order chi connectivity index (χ1) is 18.6. The molecule has 0 saturated carbocycles. The summed E-state index contributed by atoms with van der Waals surface area (Å²) in [6.07, 6.45) is -3.70. The largest absolute Gasteiger partial charge is 0.778 e. The van der Waals surface area contributed by atoms with Gasteiger partial charge in [0.1, 0.15) is 26.2 Å². The Morgan fingerprint density at radius 2 is 1.61 bits per heavy atom. The van der Waals surface area contributed by atoms with E-state index in [-0.39, 0.29) is 62.0 Å². The molecular formula is C19H23BrN4O14P2Y-2. The first-order valence-electron chi connectivity index (χ1n) is 11.6. The Hall–Kier alpha value is -0.916. The molecule has 2 aromatic heterocycles. The van der Waals surface area contributed by atoms with Crippen molar-refractivity contribution in [2.24, 2.45) is 0 Å². The molecule has 0 amide bonds. The second kappa shape index (κ2) is 13.8. The summed E-state index contributed by atoms with van der Waals surface area (Å²) in [5, 5.41) is 10.3. The van der Waals surface area contributed by atoms with Crippen LogP contribution in [0.25, 0.3) is 0 Å². The smallest absolute Gasteiger partial charge is 0.330 e. The van der Waals surface area contributed by atoms with Crippen LogP contribution in [0.3, 0.4) is 0 Å². The number of hydrogen-bond donors (Lipinski definition) is 4. The van der Waals surface area contributed by atoms with Gasteiger partial charge in [0.25, 0.3) is 18.9 Å². The number of halogens is 1. The third-order valence-corrected chi connectivity index (χ3v) is 8.41. The van der Waals surface area contributed by atoms with E-state index in [1.165, 1.54) is 6.20 Å². The molecule has 4 rings (SSSR count). The molecule has 18 nitrogen and oxygen atoms in total. The SMILES string of the molecule is O=c1[nH]c(=O)n(C2CC(O)C(COP(=O)([O-])Cc3cn(C4CCC(COP(=O)([O-])O)O4)c(=O)[nH]c3=O)O2)cc1Br.[Y]. The Balaban J connectivity index is 0.00000462. The molecule has 2 fully saturated rings. The summed E-state index contributed by atoms with van der Waals surface area (Å²) in [6.45, 7) is -1.16. The van der Waals surface area contributed by atoms with Gasteiger partial charge in [-0.2, -0.15) is 0 Å². The van der Waals surface area contributed by atoms with Gasteiger partial charge >= 0.3 is 11.4 Å². The van der Waals surface area contributed by atoms with Crippen LogP contribution in [0.15, 0.2) is 36.0 Å². The van der Waals surface area contributed by atoms with Crippen molar-refractivity contribution in [2.45, 2.75) is 56.2 Å². The van der Waals surface area contributed by atoms with E-state index in [9.17, 15) is 43.2 Å². The van der Waals surface area contributed by atoms with E-state index >= 15 is 0 Å². The summed E-state index contributed by atoms with van der Waals surface area (Å²) < 4.78 is 45.7. The van der Waals surface area contributed by atoms with Crippen molar-refractivity contribution in [3.63, 3.8) is 0 Å². The molecule has 1 radical (unpaired) electrons. The Labute approximate surface area is 262 Å². The van der Waals surface area contributed by atoms with Crippen molar-refractivity contribution in [1.29, 1.82) is 0 Å². The minimum absolute atomic E-state index is 0. The monoisotopic (exact) mass is 761 g/mol. The molecule has 4 N–H and O–H groups in total. The van der Waals surface area contributed by atoms with E-state index in [2.05, 4.69) is 25.4 Å². The van der Waals surface area contributed by atoms with E-state index in [1.54, 1.807) is 0 Å². The van der Waals surface area contributed by atoms with Gasteiger partial charge in [-0.3, -0.25) is 33.3 Å². The minimum atomic E-state index is -4.98. The fourth-order valence-electron chi connectivity index (χ4n) is 4.20. The number of rotatable bonds is 10. The summed E-state index contributed by atoms with van der Waals surface area (Å²) >= 11 is 2.98. The summed E-state index contributed by atoms with van der Waals surface area (Å²) in [7, 11) is -9.78. The zero-order valence-electron chi connectivity index (χ0n) is 20.8. The maximum Gasteiger partial charge on any atom is 0.330 e. The van der Waals surface area contributed by atoms with Crippen molar-refractivity contribution in [3.8, 4) is 0 Å².